The summed E-state index contributed by atoms with van der Waals surface area (Å²) in [6.07, 6.45) is 1.57. The molecule has 5 nitrogen and oxygen atoms in total. The topological polar surface area (TPSA) is 70.6 Å². The van der Waals surface area contributed by atoms with E-state index in [9.17, 15) is 9.90 Å². The third kappa shape index (κ3) is 2.97. The minimum Gasteiger partial charge on any atom is -0.503 e. The Hall–Kier alpha value is -1.79. The van der Waals surface area contributed by atoms with Crippen LogP contribution in [0.4, 0.5) is 0 Å². The highest BCUT2D eigenvalue weighted by atomic mass is 35.5. The fourth-order valence-electron chi connectivity index (χ4n) is 1.59. The number of hydrogen-bond donors (Lipinski definition) is 3. The molecule has 0 aliphatic carbocycles. The van der Waals surface area contributed by atoms with Gasteiger partial charge in [-0.15, -0.1) is 0 Å². The molecule has 1 saturated heterocycles. The first-order valence-corrected chi connectivity index (χ1v) is 6.29. The zero-order valence-corrected chi connectivity index (χ0v) is 11.6. The lowest BCUT2D eigenvalue weighted by Gasteiger charge is -2.08. The lowest BCUT2D eigenvalue weighted by Crippen LogP contribution is -2.21. The smallest absolute Gasteiger partial charge is 0.273 e. The fourth-order valence-corrected chi connectivity index (χ4v) is 2.01. The molecule has 0 radical (unpaired) electrons. The van der Waals surface area contributed by atoms with Gasteiger partial charge in [-0.25, -0.2) is 0 Å². The van der Waals surface area contributed by atoms with E-state index < -0.39 is 0 Å². The van der Waals surface area contributed by atoms with Gasteiger partial charge >= 0.3 is 0 Å². The predicted molar refractivity (Wildman–Crippen MR) is 76.1 cm³/mol. The Kier molecular flexibility index (Phi) is 3.92. The summed E-state index contributed by atoms with van der Waals surface area (Å²) in [5, 5.41) is 15.3. The Morgan fingerprint density at radius 3 is 2.79 bits per heavy atom. The molecule has 19 heavy (non-hydrogen) atoms. The Morgan fingerprint density at radius 2 is 2.21 bits per heavy atom. The van der Waals surface area contributed by atoms with Crippen molar-refractivity contribution in [3.05, 3.63) is 28.4 Å². The maximum atomic E-state index is 11.5. The molecular weight excluding hydrogens is 288 g/mol. The molecule has 3 N–H and O–H groups in total. The van der Waals surface area contributed by atoms with Crippen LogP contribution in [0, 0.1) is 0 Å². The molecule has 0 bridgehead atoms. The van der Waals surface area contributed by atoms with Gasteiger partial charge in [-0.3, -0.25) is 10.1 Å². The Balaban J connectivity index is 2.38. The second-order valence-corrected chi connectivity index (χ2v) is 4.56. The third-order valence-corrected chi connectivity index (χ3v) is 2.87. The largest absolute Gasteiger partial charge is 0.503 e. The zero-order valence-electron chi connectivity index (χ0n) is 9.99. The quantitative estimate of drug-likeness (QED) is 0.586. The molecule has 1 fully saturated rings. The molecule has 0 aromatic heterocycles. The van der Waals surface area contributed by atoms with Gasteiger partial charge in [-0.1, -0.05) is 11.6 Å². The highest BCUT2D eigenvalue weighted by Crippen LogP contribution is 2.35. The molecular formula is C12H11ClN2O3S. The van der Waals surface area contributed by atoms with Gasteiger partial charge in [0.2, 0.25) is 0 Å². The van der Waals surface area contributed by atoms with Crippen LogP contribution in [0.15, 0.2) is 17.8 Å². The maximum absolute atomic E-state index is 11.5. The van der Waals surface area contributed by atoms with Crippen molar-refractivity contribution >= 4 is 40.9 Å². The molecule has 100 valence electrons. The minimum atomic E-state index is -0.313. The van der Waals surface area contributed by atoms with Crippen molar-refractivity contribution in [2.24, 2.45) is 0 Å². The molecule has 1 aromatic carbocycles. The van der Waals surface area contributed by atoms with Gasteiger partial charge in [0.25, 0.3) is 5.91 Å². The molecule has 0 saturated carbocycles. The number of carbonyl (C=O) groups excluding carboxylic acids is 1. The molecule has 7 heteroatoms. The predicted octanol–water partition coefficient (Wildman–Crippen LogP) is 1.79. The summed E-state index contributed by atoms with van der Waals surface area (Å²) in [7, 11) is 0. The van der Waals surface area contributed by atoms with Crippen LogP contribution in [-0.4, -0.2) is 22.7 Å². The number of nitrogens with one attached hydrogen (secondary N) is 2. The van der Waals surface area contributed by atoms with E-state index in [4.69, 9.17) is 28.6 Å². The number of carbonyl (C=O) groups is 1. The molecule has 1 aromatic rings. The Labute approximate surface area is 120 Å². The molecule has 1 aliphatic rings. The van der Waals surface area contributed by atoms with Crippen LogP contribution in [-0.2, 0) is 4.79 Å². The number of amides is 1. The molecule has 1 amide bonds. The standard InChI is InChI=1S/C12H11ClN2O3S/c1-2-18-9-5-6(3-7(13)10(9)16)4-8-11(17)15-12(19)14-8/h3-5,16H,2H2,1H3,(H2,14,15,17,19)/b8-4-. The van der Waals surface area contributed by atoms with Crippen molar-refractivity contribution in [1.82, 2.24) is 10.6 Å². The SMILES string of the molecule is CCOc1cc(/C=C2\NC(=S)NC2=O)cc(Cl)c1O. The summed E-state index contributed by atoms with van der Waals surface area (Å²) in [5.74, 6) is -0.167. The maximum Gasteiger partial charge on any atom is 0.273 e. The molecule has 0 atom stereocenters. The Morgan fingerprint density at radius 1 is 1.47 bits per heavy atom. The molecule has 0 spiro atoms. The third-order valence-electron chi connectivity index (χ3n) is 2.38. The van der Waals surface area contributed by atoms with Crippen LogP contribution in [0.1, 0.15) is 12.5 Å². The van der Waals surface area contributed by atoms with E-state index in [1.54, 1.807) is 19.1 Å². The molecule has 1 heterocycles. The summed E-state index contributed by atoms with van der Waals surface area (Å²) >= 11 is 10.7. The van der Waals surface area contributed by atoms with E-state index in [-0.39, 0.29) is 27.5 Å². The van der Waals surface area contributed by atoms with Crippen molar-refractivity contribution in [3.8, 4) is 11.5 Å². The van der Waals surface area contributed by atoms with E-state index in [0.717, 1.165) is 0 Å². The second kappa shape index (κ2) is 5.46. The van der Waals surface area contributed by atoms with E-state index >= 15 is 0 Å². The number of halogens is 1. The van der Waals surface area contributed by atoms with Gasteiger partial charge < -0.3 is 15.2 Å². The van der Waals surface area contributed by atoms with Gasteiger partial charge in [0.05, 0.1) is 11.6 Å². The van der Waals surface area contributed by atoms with Crippen LogP contribution >= 0.6 is 23.8 Å². The van der Waals surface area contributed by atoms with Gasteiger partial charge in [0, 0.05) is 0 Å². The first-order chi connectivity index (χ1) is 9.01. The summed E-state index contributed by atoms with van der Waals surface area (Å²) in [4.78, 5) is 11.5. The van der Waals surface area contributed by atoms with Gasteiger partial charge in [-0.05, 0) is 42.9 Å². The van der Waals surface area contributed by atoms with Gasteiger partial charge in [-0.2, -0.15) is 0 Å². The number of aromatic hydroxyl groups is 1. The lowest BCUT2D eigenvalue weighted by molar-refractivity contribution is -0.115. The first kappa shape index (κ1) is 13.6. The summed E-state index contributed by atoms with van der Waals surface area (Å²) in [6.45, 7) is 2.19. The number of phenolic OH excluding ortho intramolecular Hbond substituents is 1. The van der Waals surface area contributed by atoms with Crippen LogP contribution in [0.2, 0.25) is 5.02 Å². The normalized spacial score (nSPS) is 16.4. The zero-order chi connectivity index (χ0) is 14.0. The van der Waals surface area contributed by atoms with E-state index in [0.29, 0.717) is 17.9 Å². The lowest BCUT2D eigenvalue weighted by atomic mass is 10.1. The van der Waals surface area contributed by atoms with Crippen LogP contribution in [0.5, 0.6) is 11.5 Å². The van der Waals surface area contributed by atoms with Crippen molar-refractivity contribution in [1.29, 1.82) is 0 Å². The number of benzene rings is 1. The fraction of sp³-hybridized carbons (Fsp3) is 0.167. The van der Waals surface area contributed by atoms with E-state index in [1.165, 1.54) is 6.07 Å². The average molecular weight is 299 g/mol. The number of thiocarbonyl (C=S) groups is 1. The summed E-state index contributed by atoms with van der Waals surface area (Å²) in [5.41, 5.74) is 0.933. The molecule has 1 aliphatic heterocycles. The summed E-state index contributed by atoms with van der Waals surface area (Å²) in [6, 6.07) is 3.12. The minimum absolute atomic E-state index is 0.120. The van der Waals surface area contributed by atoms with Crippen molar-refractivity contribution in [2.75, 3.05) is 6.61 Å². The summed E-state index contributed by atoms with van der Waals surface area (Å²) < 4.78 is 5.26. The molecule has 2 rings (SSSR count). The average Bonchev–Trinajstić information content (AvgIpc) is 2.64. The second-order valence-electron chi connectivity index (χ2n) is 3.75. The van der Waals surface area contributed by atoms with Crippen molar-refractivity contribution in [2.45, 2.75) is 6.92 Å². The van der Waals surface area contributed by atoms with Crippen molar-refractivity contribution < 1.29 is 14.6 Å². The number of phenols is 1. The monoisotopic (exact) mass is 298 g/mol. The van der Waals surface area contributed by atoms with Crippen LogP contribution in [0.3, 0.4) is 0 Å². The van der Waals surface area contributed by atoms with Crippen LogP contribution in [0.25, 0.3) is 6.08 Å². The Bertz CT molecular complexity index is 587. The number of hydrogen-bond acceptors (Lipinski definition) is 4. The highest BCUT2D eigenvalue weighted by molar-refractivity contribution is 7.80. The van der Waals surface area contributed by atoms with E-state index in [2.05, 4.69) is 10.6 Å². The van der Waals surface area contributed by atoms with Gasteiger partial charge in [0.1, 0.15) is 5.70 Å². The molecule has 0 unspecified atom stereocenters. The highest BCUT2D eigenvalue weighted by Gasteiger charge is 2.20. The van der Waals surface area contributed by atoms with Gasteiger partial charge in [0.15, 0.2) is 16.6 Å². The number of ether oxygens (including phenoxy) is 1. The first-order valence-electron chi connectivity index (χ1n) is 5.50. The van der Waals surface area contributed by atoms with Crippen molar-refractivity contribution in [3.63, 3.8) is 0 Å². The number of rotatable bonds is 3. The van der Waals surface area contributed by atoms with E-state index in [1.807, 2.05) is 0 Å². The van der Waals surface area contributed by atoms with Crippen LogP contribution < -0.4 is 15.4 Å².